The number of hydrogen-bond acceptors (Lipinski definition) is 9. The predicted molar refractivity (Wildman–Crippen MR) is 194 cm³/mol. The summed E-state index contributed by atoms with van der Waals surface area (Å²) in [4.78, 5) is 40.0. The van der Waals surface area contributed by atoms with Crippen LogP contribution in [-0.2, 0) is 30.2 Å². The molecule has 5 N–H and O–H groups in total. The highest BCUT2D eigenvalue weighted by atomic mass is 16.8. The van der Waals surface area contributed by atoms with Crippen LogP contribution in [0.15, 0.2) is 66.3 Å². The number of rotatable bonds is 19. The van der Waals surface area contributed by atoms with Crippen LogP contribution in [0.25, 0.3) is 6.08 Å². The summed E-state index contributed by atoms with van der Waals surface area (Å²) in [6, 6.07) is 12.9. The van der Waals surface area contributed by atoms with E-state index in [-0.39, 0.29) is 30.9 Å². The lowest BCUT2D eigenvalue weighted by molar-refractivity contribution is -0.190. The van der Waals surface area contributed by atoms with E-state index in [2.05, 4.69) is 24.5 Å². The van der Waals surface area contributed by atoms with Gasteiger partial charge in [-0.3, -0.25) is 9.59 Å². The number of phenols is 1. The molecule has 0 aromatic heterocycles. The number of aliphatic hydroxyl groups excluding tert-OH is 2. The van der Waals surface area contributed by atoms with Gasteiger partial charge in [0.2, 0.25) is 11.8 Å². The van der Waals surface area contributed by atoms with Crippen LogP contribution in [0.1, 0.15) is 100 Å². The van der Waals surface area contributed by atoms with E-state index in [4.69, 9.17) is 19.3 Å². The van der Waals surface area contributed by atoms with E-state index in [0.717, 1.165) is 49.7 Å². The number of aliphatic hydroxyl groups is 2. The van der Waals surface area contributed by atoms with Gasteiger partial charge in [-0.05, 0) is 61.6 Å². The third kappa shape index (κ3) is 11.2. The Bertz CT molecular complexity index is 1510. The van der Waals surface area contributed by atoms with Crippen LogP contribution in [0.5, 0.6) is 5.75 Å². The second kappa shape index (κ2) is 19.5. The molecule has 2 aromatic carbocycles. The minimum atomic E-state index is -1.27. The number of aromatic hydroxyl groups is 1. The Morgan fingerprint density at radius 1 is 1.02 bits per heavy atom. The first-order chi connectivity index (χ1) is 24.6. The lowest BCUT2D eigenvalue weighted by Gasteiger charge is -2.31. The summed E-state index contributed by atoms with van der Waals surface area (Å²) in [5.41, 5.74) is 2.13. The average Bonchev–Trinajstić information content (AvgIpc) is 3.49. The molecule has 2 aromatic rings. The highest BCUT2D eigenvalue weighted by Gasteiger charge is 2.52. The van der Waals surface area contributed by atoms with Crippen molar-refractivity contribution in [2.45, 2.75) is 121 Å². The molecule has 11 nitrogen and oxygen atoms in total. The van der Waals surface area contributed by atoms with E-state index in [1.165, 1.54) is 6.92 Å². The average molecular weight is 707 g/mol. The van der Waals surface area contributed by atoms with Gasteiger partial charge in [-0.25, -0.2) is 4.79 Å². The molecule has 4 rings (SSSR count). The van der Waals surface area contributed by atoms with Crippen molar-refractivity contribution < 1.29 is 43.9 Å². The lowest BCUT2D eigenvalue weighted by atomic mass is 9.91. The fraction of sp³-hybridized carbons (Fsp3) is 0.525. The topological polar surface area (TPSA) is 164 Å². The Kier molecular flexibility index (Phi) is 15.2. The molecular formula is C40H54N2O9. The standard InChI is InChI=1S/C40H54N2O9/c1-4-6-10-20-40(21-11-7-5-2)50-34-26-31(37(46)42-35(27(3)44)38(47)41-22-23-43)25-33(36(34)51-40)49-39(48)30-18-13-15-28(24-30)14-12-17-29-16-8-9-19-32(29)45/h8-9,12-16,18-19,24,26-27,33-36,43-45H,4-7,10-11,17,20-23,25H2,1-3H3,(H,41,47)(H,42,46). The van der Waals surface area contributed by atoms with Crippen molar-refractivity contribution in [3.8, 4) is 5.75 Å². The van der Waals surface area contributed by atoms with Gasteiger partial charge in [0.15, 0.2) is 5.79 Å². The van der Waals surface area contributed by atoms with Gasteiger partial charge in [0.1, 0.15) is 30.1 Å². The van der Waals surface area contributed by atoms with E-state index in [0.29, 0.717) is 24.8 Å². The van der Waals surface area contributed by atoms with Gasteiger partial charge in [0.05, 0.1) is 18.3 Å². The summed E-state index contributed by atoms with van der Waals surface area (Å²) < 4.78 is 19.5. The zero-order chi connectivity index (χ0) is 36.8. The predicted octanol–water partition coefficient (Wildman–Crippen LogP) is 5.12. The minimum absolute atomic E-state index is 0.00699. The molecule has 0 bridgehead atoms. The third-order valence-corrected chi connectivity index (χ3v) is 9.28. The van der Waals surface area contributed by atoms with E-state index >= 15 is 0 Å². The smallest absolute Gasteiger partial charge is 0.338 e. The highest BCUT2D eigenvalue weighted by Crippen LogP contribution is 2.43. The maximum atomic E-state index is 13.7. The highest BCUT2D eigenvalue weighted by molar-refractivity contribution is 5.97. The fourth-order valence-electron chi connectivity index (χ4n) is 6.51. The van der Waals surface area contributed by atoms with Gasteiger partial charge in [0.25, 0.3) is 0 Å². The maximum Gasteiger partial charge on any atom is 0.338 e. The Hall–Kier alpha value is -4.03. The van der Waals surface area contributed by atoms with Crippen LogP contribution in [0.2, 0.25) is 0 Å². The molecule has 11 heteroatoms. The summed E-state index contributed by atoms with van der Waals surface area (Å²) in [5, 5.41) is 34.6. The largest absolute Gasteiger partial charge is 0.508 e. The molecule has 0 spiro atoms. The first-order valence-corrected chi connectivity index (χ1v) is 18.3. The molecule has 1 fully saturated rings. The molecule has 5 atom stereocenters. The SMILES string of the molecule is CCCCCC1(CCCCC)OC2C=C(C(=O)NC(C(=O)NCCO)C(C)O)CC(OC(=O)c3cccc(C=CCc4ccccc4O)c3)C2O1. The minimum Gasteiger partial charge on any atom is -0.508 e. The molecule has 1 aliphatic carbocycles. The van der Waals surface area contributed by atoms with Crippen LogP contribution in [0, 0.1) is 0 Å². The van der Waals surface area contributed by atoms with Crippen molar-refractivity contribution in [3.05, 3.63) is 82.9 Å². The van der Waals surface area contributed by atoms with E-state index in [1.807, 2.05) is 30.4 Å². The number of carbonyl (C=O) groups is 3. The molecule has 51 heavy (non-hydrogen) atoms. The zero-order valence-corrected chi connectivity index (χ0v) is 30.0. The summed E-state index contributed by atoms with van der Waals surface area (Å²) in [6.07, 6.45) is 9.76. The number of amides is 2. The van der Waals surface area contributed by atoms with Crippen molar-refractivity contribution in [3.63, 3.8) is 0 Å². The summed E-state index contributed by atoms with van der Waals surface area (Å²) in [7, 11) is 0. The number of unbranched alkanes of at least 4 members (excludes halogenated alkanes) is 4. The van der Waals surface area contributed by atoms with E-state index < -0.39 is 54.0 Å². The first kappa shape index (κ1) is 39.8. The summed E-state index contributed by atoms with van der Waals surface area (Å²) >= 11 is 0. The Morgan fingerprint density at radius 2 is 1.75 bits per heavy atom. The third-order valence-electron chi connectivity index (χ3n) is 9.28. The van der Waals surface area contributed by atoms with Crippen molar-refractivity contribution in [1.29, 1.82) is 0 Å². The molecule has 2 aliphatic rings. The van der Waals surface area contributed by atoms with Crippen molar-refractivity contribution in [1.82, 2.24) is 10.6 Å². The van der Waals surface area contributed by atoms with Gasteiger partial charge < -0.3 is 40.2 Å². The lowest BCUT2D eigenvalue weighted by Crippen LogP contribution is -2.54. The Balaban J connectivity index is 1.57. The van der Waals surface area contributed by atoms with Gasteiger partial charge in [-0.2, -0.15) is 0 Å². The number of carbonyl (C=O) groups excluding carboxylic acids is 3. The number of benzene rings is 2. The van der Waals surface area contributed by atoms with Gasteiger partial charge >= 0.3 is 5.97 Å². The monoisotopic (exact) mass is 706 g/mol. The van der Waals surface area contributed by atoms with Crippen LogP contribution in [0.3, 0.4) is 0 Å². The van der Waals surface area contributed by atoms with Crippen LogP contribution < -0.4 is 10.6 Å². The van der Waals surface area contributed by atoms with Gasteiger partial charge in [0, 0.05) is 31.4 Å². The fourth-order valence-corrected chi connectivity index (χ4v) is 6.51. The number of esters is 1. The zero-order valence-electron chi connectivity index (χ0n) is 30.0. The van der Waals surface area contributed by atoms with Gasteiger partial charge in [-0.15, -0.1) is 0 Å². The number of para-hydroxylation sites is 1. The quantitative estimate of drug-likeness (QED) is 0.0986. The molecular weight excluding hydrogens is 652 g/mol. The van der Waals surface area contributed by atoms with E-state index in [9.17, 15) is 24.6 Å². The number of fused-ring (bicyclic) bond motifs is 1. The summed E-state index contributed by atoms with van der Waals surface area (Å²) in [6.45, 7) is 5.34. The Morgan fingerprint density at radius 3 is 2.41 bits per heavy atom. The number of ether oxygens (including phenoxy) is 3. The summed E-state index contributed by atoms with van der Waals surface area (Å²) in [5.74, 6) is -2.49. The van der Waals surface area contributed by atoms with Crippen LogP contribution in [0.4, 0.5) is 0 Å². The Labute approximate surface area is 301 Å². The number of hydrogen-bond donors (Lipinski definition) is 5. The molecule has 0 radical (unpaired) electrons. The molecule has 1 saturated heterocycles. The number of phenolic OH excluding ortho intramolecular Hbond substituents is 1. The molecule has 278 valence electrons. The molecule has 1 aliphatic heterocycles. The number of nitrogens with one attached hydrogen (secondary N) is 2. The van der Waals surface area contributed by atoms with Crippen LogP contribution >= 0.6 is 0 Å². The first-order valence-electron chi connectivity index (χ1n) is 18.3. The molecule has 2 amide bonds. The normalized spacial score (nSPS) is 20.6. The molecule has 5 unspecified atom stereocenters. The molecule has 1 heterocycles. The van der Waals surface area contributed by atoms with Crippen molar-refractivity contribution >= 4 is 23.9 Å². The molecule has 0 saturated carbocycles. The maximum absolute atomic E-state index is 13.7. The number of allylic oxidation sites excluding steroid dienone is 1. The van der Waals surface area contributed by atoms with Crippen molar-refractivity contribution in [2.24, 2.45) is 0 Å². The van der Waals surface area contributed by atoms with E-state index in [1.54, 1.807) is 36.4 Å². The van der Waals surface area contributed by atoms with Crippen LogP contribution in [-0.4, -0.2) is 82.5 Å². The van der Waals surface area contributed by atoms with Crippen molar-refractivity contribution in [2.75, 3.05) is 13.2 Å². The van der Waals surface area contributed by atoms with Gasteiger partial charge in [-0.1, -0.05) is 82.0 Å². The second-order valence-electron chi connectivity index (χ2n) is 13.4. The second-order valence-corrected chi connectivity index (χ2v) is 13.4.